The van der Waals surface area contributed by atoms with Gasteiger partial charge in [-0.15, -0.1) is 0 Å². The highest BCUT2D eigenvalue weighted by Crippen LogP contribution is 2.19. The van der Waals surface area contributed by atoms with Crippen molar-refractivity contribution in [2.24, 2.45) is 0 Å². The number of nitro groups is 1. The van der Waals surface area contributed by atoms with Crippen LogP contribution in [0.2, 0.25) is 0 Å². The molecule has 0 fully saturated rings. The van der Waals surface area contributed by atoms with Crippen molar-refractivity contribution in [1.29, 1.82) is 0 Å². The molecule has 5 nitrogen and oxygen atoms in total. The summed E-state index contributed by atoms with van der Waals surface area (Å²) < 4.78 is 25.4. The third kappa shape index (κ3) is 3.18. The van der Waals surface area contributed by atoms with Crippen LogP contribution in [0.1, 0.15) is 5.56 Å². The SMILES string of the molecule is Nc1ccc(S(=O)Cc2cccc([N+](=O)[O-])c2)cc1F. The standard InChI is InChI=1S/C13H11FN2O3S/c14-12-7-11(4-5-13(12)15)20(19)8-9-2-1-3-10(6-9)16(17)18/h1-7H,8,15H2. The summed E-state index contributed by atoms with van der Waals surface area (Å²) in [5.74, 6) is -0.555. The molecular weight excluding hydrogens is 283 g/mol. The second-order valence-electron chi connectivity index (χ2n) is 4.10. The van der Waals surface area contributed by atoms with Crippen molar-refractivity contribution >= 4 is 22.2 Å². The fourth-order valence-electron chi connectivity index (χ4n) is 1.64. The molecule has 0 aliphatic heterocycles. The highest BCUT2D eigenvalue weighted by Gasteiger charge is 2.11. The van der Waals surface area contributed by atoms with Crippen LogP contribution in [0.25, 0.3) is 0 Å². The van der Waals surface area contributed by atoms with E-state index in [1.807, 2.05) is 0 Å². The minimum atomic E-state index is -1.49. The lowest BCUT2D eigenvalue weighted by Crippen LogP contribution is -1.99. The number of rotatable bonds is 4. The van der Waals surface area contributed by atoms with Crippen molar-refractivity contribution in [3.8, 4) is 0 Å². The first kappa shape index (κ1) is 14.1. The van der Waals surface area contributed by atoms with Gasteiger partial charge in [0.15, 0.2) is 0 Å². The van der Waals surface area contributed by atoms with E-state index in [4.69, 9.17) is 5.73 Å². The predicted octanol–water partition coefficient (Wildman–Crippen LogP) is 2.62. The normalized spacial score (nSPS) is 12.1. The largest absolute Gasteiger partial charge is 0.396 e. The quantitative estimate of drug-likeness (QED) is 0.533. The van der Waals surface area contributed by atoms with Gasteiger partial charge in [-0.3, -0.25) is 14.3 Å². The molecule has 7 heteroatoms. The number of anilines is 1. The number of nitro benzene ring substituents is 1. The van der Waals surface area contributed by atoms with Crippen molar-refractivity contribution < 1.29 is 13.5 Å². The Kier molecular flexibility index (Phi) is 4.09. The van der Waals surface area contributed by atoms with Crippen LogP contribution < -0.4 is 5.73 Å². The molecule has 0 aliphatic carbocycles. The lowest BCUT2D eigenvalue weighted by Gasteiger charge is -2.04. The molecule has 0 saturated heterocycles. The van der Waals surface area contributed by atoms with Gasteiger partial charge in [-0.1, -0.05) is 12.1 Å². The predicted molar refractivity (Wildman–Crippen MR) is 74.0 cm³/mol. The molecule has 2 aromatic rings. The summed E-state index contributed by atoms with van der Waals surface area (Å²) in [7, 11) is -1.49. The molecule has 2 aromatic carbocycles. The number of hydrogen-bond donors (Lipinski definition) is 1. The molecule has 0 aromatic heterocycles. The molecule has 104 valence electrons. The lowest BCUT2D eigenvalue weighted by molar-refractivity contribution is -0.384. The first-order chi connectivity index (χ1) is 9.47. The Hall–Kier alpha value is -2.28. The van der Waals surface area contributed by atoms with E-state index in [2.05, 4.69) is 0 Å². The van der Waals surface area contributed by atoms with Crippen molar-refractivity contribution in [2.75, 3.05) is 5.73 Å². The van der Waals surface area contributed by atoms with Gasteiger partial charge in [0.1, 0.15) is 5.82 Å². The number of nitrogen functional groups attached to an aromatic ring is 1. The number of benzene rings is 2. The smallest absolute Gasteiger partial charge is 0.269 e. The van der Waals surface area contributed by atoms with Crippen LogP contribution in [0.5, 0.6) is 0 Å². The molecule has 1 atom stereocenters. The van der Waals surface area contributed by atoms with Crippen molar-refractivity contribution in [2.45, 2.75) is 10.6 Å². The maximum Gasteiger partial charge on any atom is 0.269 e. The Morgan fingerprint density at radius 2 is 2.00 bits per heavy atom. The molecule has 2 N–H and O–H groups in total. The zero-order valence-electron chi connectivity index (χ0n) is 10.3. The zero-order valence-corrected chi connectivity index (χ0v) is 11.1. The molecule has 0 heterocycles. The van der Waals surface area contributed by atoms with Crippen LogP contribution in [-0.2, 0) is 16.6 Å². The van der Waals surface area contributed by atoms with E-state index < -0.39 is 21.5 Å². The molecular formula is C13H11FN2O3S. The summed E-state index contributed by atoms with van der Waals surface area (Å²) in [6.07, 6.45) is 0. The highest BCUT2D eigenvalue weighted by molar-refractivity contribution is 7.84. The van der Waals surface area contributed by atoms with Crippen LogP contribution in [0.15, 0.2) is 47.4 Å². The maximum absolute atomic E-state index is 13.3. The van der Waals surface area contributed by atoms with Crippen LogP contribution in [-0.4, -0.2) is 9.13 Å². The van der Waals surface area contributed by atoms with Crippen LogP contribution in [0.4, 0.5) is 15.8 Å². The molecule has 0 aliphatic rings. The van der Waals surface area contributed by atoms with E-state index in [0.717, 1.165) is 6.07 Å². The molecule has 0 amide bonds. The van der Waals surface area contributed by atoms with Gasteiger partial charge < -0.3 is 5.73 Å². The van der Waals surface area contributed by atoms with E-state index in [9.17, 15) is 18.7 Å². The number of non-ortho nitro benzene ring substituents is 1. The second-order valence-corrected chi connectivity index (χ2v) is 5.55. The van der Waals surface area contributed by atoms with E-state index in [1.165, 1.54) is 30.3 Å². The minimum Gasteiger partial charge on any atom is -0.396 e. The van der Waals surface area contributed by atoms with Crippen molar-refractivity contribution in [3.05, 3.63) is 64.0 Å². The van der Waals surface area contributed by atoms with Gasteiger partial charge in [-0.2, -0.15) is 0 Å². The molecule has 1 unspecified atom stereocenters. The third-order valence-corrected chi connectivity index (χ3v) is 4.03. The molecule has 0 bridgehead atoms. The fraction of sp³-hybridized carbons (Fsp3) is 0.0769. The lowest BCUT2D eigenvalue weighted by atomic mass is 10.2. The van der Waals surface area contributed by atoms with E-state index in [0.29, 0.717) is 10.5 Å². The van der Waals surface area contributed by atoms with Gasteiger partial charge in [0.2, 0.25) is 0 Å². The number of nitrogens with two attached hydrogens (primary N) is 1. The van der Waals surface area contributed by atoms with Crippen LogP contribution in [0, 0.1) is 15.9 Å². The van der Waals surface area contributed by atoms with Gasteiger partial charge in [0.05, 0.1) is 27.2 Å². The number of halogens is 1. The average Bonchev–Trinajstić information content (AvgIpc) is 2.42. The van der Waals surface area contributed by atoms with E-state index in [1.54, 1.807) is 6.07 Å². The first-order valence-corrected chi connectivity index (χ1v) is 6.96. The van der Waals surface area contributed by atoms with E-state index >= 15 is 0 Å². The summed E-state index contributed by atoms with van der Waals surface area (Å²) in [5.41, 5.74) is 5.82. The van der Waals surface area contributed by atoms with E-state index in [-0.39, 0.29) is 17.1 Å². The summed E-state index contributed by atoms with van der Waals surface area (Å²) in [6.45, 7) is 0. The topological polar surface area (TPSA) is 86.2 Å². The Balaban J connectivity index is 2.21. The summed E-state index contributed by atoms with van der Waals surface area (Å²) in [6, 6.07) is 9.80. The molecule has 20 heavy (non-hydrogen) atoms. The highest BCUT2D eigenvalue weighted by atomic mass is 32.2. The average molecular weight is 294 g/mol. The van der Waals surface area contributed by atoms with Gasteiger partial charge in [0, 0.05) is 17.0 Å². The van der Waals surface area contributed by atoms with Crippen molar-refractivity contribution in [1.82, 2.24) is 0 Å². The number of nitrogens with zero attached hydrogens (tertiary/aromatic N) is 1. The Morgan fingerprint density at radius 3 is 2.65 bits per heavy atom. The van der Waals surface area contributed by atoms with Gasteiger partial charge in [0.25, 0.3) is 5.69 Å². The maximum atomic E-state index is 13.3. The molecule has 0 spiro atoms. The van der Waals surface area contributed by atoms with Gasteiger partial charge in [-0.25, -0.2) is 4.39 Å². The summed E-state index contributed by atoms with van der Waals surface area (Å²) in [4.78, 5) is 10.4. The van der Waals surface area contributed by atoms with Gasteiger partial charge >= 0.3 is 0 Å². The second kappa shape index (κ2) is 5.79. The monoisotopic (exact) mass is 294 g/mol. The van der Waals surface area contributed by atoms with Crippen molar-refractivity contribution in [3.63, 3.8) is 0 Å². The van der Waals surface area contributed by atoms with Gasteiger partial charge in [-0.05, 0) is 23.8 Å². The fourth-order valence-corrected chi connectivity index (χ4v) is 2.75. The van der Waals surface area contributed by atoms with Crippen LogP contribution in [0.3, 0.4) is 0 Å². The first-order valence-electron chi connectivity index (χ1n) is 5.64. The number of hydrogen-bond acceptors (Lipinski definition) is 4. The Bertz CT molecular complexity index is 691. The Morgan fingerprint density at radius 1 is 1.25 bits per heavy atom. The molecule has 2 rings (SSSR count). The summed E-state index contributed by atoms with van der Waals surface area (Å²) >= 11 is 0. The minimum absolute atomic E-state index is 0.0129. The molecule has 0 saturated carbocycles. The summed E-state index contributed by atoms with van der Waals surface area (Å²) in [5, 5.41) is 10.7. The molecule has 0 radical (unpaired) electrons. The Labute approximate surface area is 116 Å². The third-order valence-electron chi connectivity index (χ3n) is 2.65. The van der Waals surface area contributed by atoms with Crippen LogP contribution >= 0.6 is 0 Å². The zero-order chi connectivity index (χ0) is 14.7.